The van der Waals surface area contributed by atoms with Crippen LogP contribution in [0.2, 0.25) is 0 Å². The summed E-state index contributed by atoms with van der Waals surface area (Å²) in [6.07, 6.45) is 0.846. The second kappa shape index (κ2) is 8.06. The van der Waals surface area contributed by atoms with Crippen molar-refractivity contribution < 1.29 is 0 Å². The van der Waals surface area contributed by atoms with Gasteiger partial charge < -0.3 is 0 Å². The summed E-state index contributed by atoms with van der Waals surface area (Å²) in [5.74, 6) is 0. The SMILES string of the molecule is c1ccc(C2=NN(c3nc(-c4ccccc4)cs3)C(c3cccc4ccccc34)C2)cc1. The van der Waals surface area contributed by atoms with Crippen molar-refractivity contribution in [1.82, 2.24) is 4.98 Å². The Bertz CT molecular complexity index is 1400. The van der Waals surface area contributed by atoms with Crippen LogP contribution in [0, 0.1) is 0 Å². The maximum atomic E-state index is 5.10. The van der Waals surface area contributed by atoms with E-state index in [0.717, 1.165) is 28.5 Å². The van der Waals surface area contributed by atoms with Gasteiger partial charge in [-0.2, -0.15) is 5.10 Å². The largest absolute Gasteiger partial charge is 0.231 e. The lowest BCUT2D eigenvalue weighted by molar-refractivity contribution is 0.712. The number of aromatic nitrogens is 1. The normalized spacial score (nSPS) is 15.8. The van der Waals surface area contributed by atoms with E-state index < -0.39 is 0 Å². The van der Waals surface area contributed by atoms with Gasteiger partial charge in [-0.3, -0.25) is 0 Å². The van der Waals surface area contributed by atoms with Crippen LogP contribution >= 0.6 is 11.3 Å². The van der Waals surface area contributed by atoms with Gasteiger partial charge in [0, 0.05) is 17.4 Å². The molecule has 0 spiro atoms. The summed E-state index contributed by atoms with van der Waals surface area (Å²) in [4.78, 5) is 4.98. The molecule has 0 amide bonds. The van der Waals surface area contributed by atoms with E-state index >= 15 is 0 Å². The molecule has 1 aromatic heterocycles. The zero-order chi connectivity index (χ0) is 21.3. The first-order chi connectivity index (χ1) is 15.9. The quantitative estimate of drug-likeness (QED) is 0.298. The highest BCUT2D eigenvalue weighted by Gasteiger charge is 2.32. The predicted octanol–water partition coefficient (Wildman–Crippen LogP) is 7.32. The van der Waals surface area contributed by atoms with E-state index in [4.69, 9.17) is 10.1 Å². The van der Waals surface area contributed by atoms with Gasteiger partial charge in [0.2, 0.25) is 5.13 Å². The Kier molecular flexibility index (Phi) is 4.78. The second-order valence-electron chi connectivity index (χ2n) is 7.93. The average molecular weight is 432 g/mol. The van der Waals surface area contributed by atoms with E-state index in [1.165, 1.54) is 21.9 Å². The molecule has 32 heavy (non-hydrogen) atoms. The maximum absolute atomic E-state index is 5.10. The molecule has 0 saturated heterocycles. The summed E-state index contributed by atoms with van der Waals surface area (Å²) in [5.41, 5.74) is 5.67. The Morgan fingerprint density at radius 1 is 0.719 bits per heavy atom. The molecule has 3 nitrogen and oxygen atoms in total. The average Bonchev–Trinajstić information content (AvgIpc) is 3.53. The number of rotatable bonds is 4. The van der Waals surface area contributed by atoms with Crippen LogP contribution in [0.25, 0.3) is 22.0 Å². The van der Waals surface area contributed by atoms with Crippen LogP contribution in [0.5, 0.6) is 0 Å². The first-order valence-corrected chi connectivity index (χ1v) is 11.7. The molecular formula is C28H21N3S. The van der Waals surface area contributed by atoms with Crippen molar-refractivity contribution in [2.75, 3.05) is 5.01 Å². The number of benzene rings is 4. The third-order valence-corrected chi connectivity index (χ3v) is 6.79. The van der Waals surface area contributed by atoms with E-state index in [2.05, 4.69) is 101 Å². The molecule has 1 aliphatic heterocycles. The number of anilines is 1. The Morgan fingerprint density at radius 2 is 1.41 bits per heavy atom. The molecule has 0 saturated carbocycles. The van der Waals surface area contributed by atoms with Crippen LogP contribution in [-0.4, -0.2) is 10.7 Å². The van der Waals surface area contributed by atoms with Crippen LogP contribution in [0.4, 0.5) is 5.13 Å². The highest BCUT2D eigenvalue weighted by atomic mass is 32.1. The Labute approximate surface area is 191 Å². The van der Waals surface area contributed by atoms with Crippen LogP contribution in [0.1, 0.15) is 23.6 Å². The first kappa shape index (κ1) is 19.0. The minimum atomic E-state index is 0.103. The van der Waals surface area contributed by atoms with Crippen molar-refractivity contribution in [3.8, 4) is 11.3 Å². The molecule has 1 unspecified atom stereocenters. The zero-order valence-corrected chi connectivity index (χ0v) is 18.2. The van der Waals surface area contributed by atoms with Gasteiger partial charge in [0.05, 0.1) is 17.4 Å². The van der Waals surface area contributed by atoms with E-state index in [1.807, 2.05) is 12.1 Å². The summed E-state index contributed by atoms with van der Waals surface area (Å²) < 4.78 is 0. The van der Waals surface area contributed by atoms with Crippen LogP contribution in [0.3, 0.4) is 0 Å². The summed E-state index contributed by atoms with van der Waals surface area (Å²) in [6, 6.07) is 36.1. The van der Waals surface area contributed by atoms with Crippen LogP contribution in [0.15, 0.2) is 114 Å². The number of thiazole rings is 1. The number of hydrogen-bond acceptors (Lipinski definition) is 4. The molecule has 2 heterocycles. The molecule has 4 aromatic carbocycles. The summed E-state index contributed by atoms with van der Waals surface area (Å²) in [5, 5.41) is 12.8. The summed E-state index contributed by atoms with van der Waals surface area (Å²) in [7, 11) is 0. The van der Waals surface area contributed by atoms with Crippen LogP contribution < -0.4 is 5.01 Å². The van der Waals surface area contributed by atoms with E-state index in [-0.39, 0.29) is 6.04 Å². The topological polar surface area (TPSA) is 28.5 Å². The van der Waals surface area contributed by atoms with Gasteiger partial charge in [-0.1, -0.05) is 103 Å². The standard InChI is InChI=1S/C28H21N3S/c1-3-11-21(12-4-1)25-18-27(24-17-9-15-20-10-7-8-16-23(20)24)31(30-25)28-29-26(19-32-28)22-13-5-2-6-14-22/h1-17,19,27H,18H2. The number of hydrazone groups is 1. The maximum Gasteiger partial charge on any atom is 0.207 e. The second-order valence-corrected chi connectivity index (χ2v) is 8.76. The van der Waals surface area contributed by atoms with Crippen LogP contribution in [-0.2, 0) is 0 Å². The smallest absolute Gasteiger partial charge is 0.207 e. The van der Waals surface area contributed by atoms with Gasteiger partial charge in [-0.05, 0) is 21.9 Å². The van der Waals surface area contributed by atoms with Gasteiger partial charge in [0.25, 0.3) is 0 Å². The molecular weight excluding hydrogens is 410 g/mol. The van der Waals surface area contributed by atoms with E-state index in [9.17, 15) is 0 Å². The fraction of sp³-hybridized carbons (Fsp3) is 0.0714. The zero-order valence-electron chi connectivity index (χ0n) is 17.4. The predicted molar refractivity (Wildman–Crippen MR) is 134 cm³/mol. The number of hydrogen-bond donors (Lipinski definition) is 0. The fourth-order valence-electron chi connectivity index (χ4n) is 4.39. The van der Waals surface area contributed by atoms with E-state index in [1.54, 1.807) is 11.3 Å². The molecule has 0 aliphatic carbocycles. The molecule has 0 fully saturated rings. The van der Waals surface area contributed by atoms with Crippen molar-refractivity contribution in [3.63, 3.8) is 0 Å². The lowest BCUT2D eigenvalue weighted by atomic mass is 9.94. The summed E-state index contributed by atoms with van der Waals surface area (Å²) in [6.45, 7) is 0. The molecule has 0 bridgehead atoms. The van der Waals surface area contributed by atoms with Crippen molar-refractivity contribution >= 4 is 33.0 Å². The molecule has 5 aromatic rings. The lowest BCUT2D eigenvalue weighted by Crippen LogP contribution is -2.18. The van der Waals surface area contributed by atoms with Crippen molar-refractivity contribution in [1.29, 1.82) is 0 Å². The number of nitrogens with zero attached hydrogens (tertiary/aromatic N) is 3. The highest BCUT2D eigenvalue weighted by Crippen LogP contribution is 2.41. The highest BCUT2D eigenvalue weighted by molar-refractivity contribution is 7.14. The molecule has 154 valence electrons. The lowest BCUT2D eigenvalue weighted by Gasteiger charge is -2.22. The third kappa shape index (κ3) is 3.39. The Morgan fingerprint density at radius 3 is 2.22 bits per heavy atom. The molecule has 1 aliphatic rings. The van der Waals surface area contributed by atoms with Gasteiger partial charge in [-0.15, -0.1) is 11.3 Å². The minimum absolute atomic E-state index is 0.103. The summed E-state index contributed by atoms with van der Waals surface area (Å²) >= 11 is 1.65. The van der Waals surface area contributed by atoms with Crippen molar-refractivity contribution in [2.45, 2.75) is 12.5 Å². The van der Waals surface area contributed by atoms with Gasteiger partial charge >= 0.3 is 0 Å². The van der Waals surface area contributed by atoms with Crippen molar-refractivity contribution in [3.05, 3.63) is 120 Å². The fourth-order valence-corrected chi connectivity index (χ4v) is 5.22. The first-order valence-electron chi connectivity index (χ1n) is 10.8. The van der Waals surface area contributed by atoms with Gasteiger partial charge in [0.15, 0.2) is 0 Å². The van der Waals surface area contributed by atoms with E-state index in [0.29, 0.717) is 0 Å². The van der Waals surface area contributed by atoms with Gasteiger partial charge in [0.1, 0.15) is 0 Å². The third-order valence-electron chi connectivity index (χ3n) is 5.96. The van der Waals surface area contributed by atoms with Gasteiger partial charge in [-0.25, -0.2) is 9.99 Å². The molecule has 1 atom stereocenters. The number of fused-ring (bicyclic) bond motifs is 1. The monoisotopic (exact) mass is 431 g/mol. The Balaban J connectivity index is 1.46. The van der Waals surface area contributed by atoms with Crippen molar-refractivity contribution in [2.24, 2.45) is 5.10 Å². The Hall–Kier alpha value is -3.76. The molecule has 4 heteroatoms. The molecule has 0 N–H and O–H groups in total. The minimum Gasteiger partial charge on any atom is -0.231 e. The molecule has 0 radical (unpaired) electrons. The molecule has 6 rings (SSSR count).